The van der Waals surface area contributed by atoms with E-state index in [0.29, 0.717) is 16.7 Å². The lowest BCUT2D eigenvalue weighted by molar-refractivity contribution is 0.0978. The number of halogens is 1. The van der Waals surface area contributed by atoms with Crippen LogP contribution >= 0.6 is 22.9 Å². The molecule has 0 spiro atoms. The van der Waals surface area contributed by atoms with Crippen LogP contribution in [0.15, 0.2) is 48.5 Å². The molecule has 158 valence electrons. The maximum atomic E-state index is 13.6. The van der Waals surface area contributed by atoms with Crippen molar-refractivity contribution in [2.75, 3.05) is 19.1 Å². The molecule has 4 aromatic rings. The van der Waals surface area contributed by atoms with Crippen LogP contribution in [0.3, 0.4) is 0 Å². The Morgan fingerprint density at radius 3 is 2.55 bits per heavy atom. The molecular formula is C22H19ClN4O3S. The van der Waals surface area contributed by atoms with Gasteiger partial charge in [0.05, 0.1) is 31.0 Å². The Bertz CT molecular complexity index is 1220. The lowest BCUT2D eigenvalue weighted by Crippen LogP contribution is -2.31. The average Bonchev–Trinajstić information content (AvgIpc) is 3.21. The predicted octanol–water partition coefficient (Wildman–Crippen LogP) is 4.91. The van der Waals surface area contributed by atoms with Crippen molar-refractivity contribution in [3.63, 3.8) is 0 Å². The van der Waals surface area contributed by atoms with E-state index in [1.165, 1.54) is 31.6 Å². The van der Waals surface area contributed by atoms with Crippen LogP contribution in [0.5, 0.6) is 11.9 Å². The van der Waals surface area contributed by atoms with Gasteiger partial charge in [-0.05, 0) is 30.2 Å². The summed E-state index contributed by atoms with van der Waals surface area (Å²) in [5.41, 5.74) is 2.86. The third-order valence-electron chi connectivity index (χ3n) is 4.59. The molecule has 0 radical (unpaired) electrons. The topological polar surface area (TPSA) is 77.4 Å². The van der Waals surface area contributed by atoms with Gasteiger partial charge in [0.25, 0.3) is 5.91 Å². The van der Waals surface area contributed by atoms with E-state index in [1.807, 2.05) is 49.4 Å². The third kappa shape index (κ3) is 4.45. The fourth-order valence-electron chi connectivity index (χ4n) is 3.10. The first-order valence-electron chi connectivity index (χ1n) is 9.38. The highest BCUT2D eigenvalue weighted by atomic mass is 35.5. The summed E-state index contributed by atoms with van der Waals surface area (Å²) in [5, 5.41) is 1.18. The Hall–Kier alpha value is -3.23. The van der Waals surface area contributed by atoms with Crippen molar-refractivity contribution >= 4 is 44.2 Å². The third-order valence-corrected chi connectivity index (χ3v) is 5.84. The molecule has 1 amide bonds. The Kier molecular flexibility index (Phi) is 6.01. The maximum absolute atomic E-state index is 13.6. The highest BCUT2D eigenvalue weighted by Gasteiger charge is 2.25. The number of thiazole rings is 1. The van der Waals surface area contributed by atoms with Gasteiger partial charge < -0.3 is 9.47 Å². The molecule has 4 rings (SSSR count). The van der Waals surface area contributed by atoms with Gasteiger partial charge in [0.1, 0.15) is 5.69 Å². The molecule has 0 aliphatic heterocycles. The molecule has 0 atom stereocenters. The van der Waals surface area contributed by atoms with Gasteiger partial charge in [-0.25, -0.2) is 4.98 Å². The Morgan fingerprint density at radius 1 is 1.06 bits per heavy atom. The molecule has 0 aliphatic rings. The lowest BCUT2D eigenvalue weighted by Gasteiger charge is -2.20. The molecule has 2 aromatic heterocycles. The molecule has 9 heteroatoms. The smallest absolute Gasteiger partial charge is 0.320 e. The molecule has 7 nitrogen and oxygen atoms in total. The van der Waals surface area contributed by atoms with E-state index >= 15 is 0 Å². The number of rotatable bonds is 6. The van der Waals surface area contributed by atoms with Gasteiger partial charge >= 0.3 is 6.01 Å². The Labute approximate surface area is 188 Å². The van der Waals surface area contributed by atoms with Crippen LogP contribution < -0.4 is 14.4 Å². The molecule has 2 aromatic carbocycles. The second kappa shape index (κ2) is 8.87. The van der Waals surface area contributed by atoms with Crippen molar-refractivity contribution in [2.24, 2.45) is 0 Å². The van der Waals surface area contributed by atoms with Gasteiger partial charge in [-0.3, -0.25) is 9.69 Å². The maximum Gasteiger partial charge on any atom is 0.320 e. The number of ether oxygens (including phenoxy) is 2. The number of aryl methyl sites for hydroxylation is 1. The summed E-state index contributed by atoms with van der Waals surface area (Å²) in [6.45, 7) is 2.27. The van der Waals surface area contributed by atoms with Crippen molar-refractivity contribution < 1.29 is 14.3 Å². The molecule has 0 N–H and O–H groups in total. The zero-order valence-electron chi connectivity index (χ0n) is 17.1. The molecule has 0 saturated carbocycles. The summed E-state index contributed by atoms with van der Waals surface area (Å²) in [7, 11) is 2.91. The summed E-state index contributed by atoms with van der Waals surface area (Å²) >= 11 is 7.62. The first-order valence-corrected chi connectivity index (χ1v) is 10.6. The van der Waals surface area contributed by atoms with E-state index in [4.69, 9.17) is 26.1 Å². The van der Waals surface area contributed by atoms with Crippen molar-refractivity contribution in [3.05, 3.63) is 70.4 Å². The van der Waals surface area contributed by atoms with E-state index in [0.717, 1.165) is 21.3 Å². The van der Waals surface area contributed by atoms with Crippen LogP contribution in [-0.2, 0) is 6.54 Å². The minimum absolute atomic E-state index is 0.0503. The van der Waals surface area contributed by atoms with Crippen LogP contribution in [0, 0.1) is 6.92 Å². The summed E-state index contributed by atoms with van der Waals surface area (Å²) in [4.78, 5) is 28.2. The average molecular weight is 455 g/mol. The molecule has 0 bridgehead atoms. The number of carbonyl (C=O) groups is 1. The SMILES string of the molecule is COc1cc(C(=O)N(Cc2ccccc2)c2nc3c(C)cc(Cl)cc3s2)nc(OC)n1. The number of fused-ring (bicyclic) bond motifs is 1. The molecule has 0 aliphatic carbocycles. The number of hydrogen-bond donors (Lipinski definition) is 0. The van der Waals surface area contributed by atoms with Crippen molar-refractivity contribution in [3.8, 4) is 11.9 Å². The molecular weight excluding hydrogens is 436 g/mol. The number of amides is 1. The van der Waals surface area contributed by atoms with Gasteiger partial charge in [-0.1, -0.05) is 53.3 Å². The Morgan fingerprint density at radius 2 is 1.84 bits per heavy atom. The molecule has 31 heavy (non-hydrogen) atoms. The normalized spacial score (nSPS) is 10.8. The monoisotopic (exact) mass is 454 g/mol. The number of hydrogen-bond acceptors (Lipinski definition) is 7. The highest BCUT2D eigenvalue weighted by Crippen LogP contribution is 2.34. The summed E-state index contributed by atoms with van der Waals surface area (Å²) in [6.07, 6.45) is 0. The fraction of sp³-hybridized carbons (Fsp3) is 0.182. The van der Waals surface area contributed by atoms with E-state index in [2.05, 4.69) is 9.97 Å². The van der Waals surface area contributed by atoms with Crippen LogP contribution in [0.4, 0.5) is 5.13 Å². The number of methoxy groups -OCH3 is 2. The Balaban J connectivity index is 1.82. The van der Waals surface area contributed by atoms with Gasteiger partial charge in [-0.2, -0.15) is 9.97 Å². The fourth-order valence-corrected chi connectivity index (χ4v) is 4.52. The number of nitrogens with zero attached hydrogens (tertiary/aromatic N) is 4. The second-order valence-electron chi connectivity index (χ2n) is 6.73. The van der Waals surface area contributed by atoms with Gasteiger partial charge in [0.2, 0.25) is 5.88 Å². The van der Waals surface area contributed by atoms with E-state index in [1.54, 1.807) is 4.90 Å². The zero-order valence-corrected chi connectivity index (χ0v) is 18.7. The zero-order chi connectivity index (χ0) is 22.0. The van der Waals surface area contributed by atoms with Gasteiger partial charge in [-0.15, -0.1) is 0 Å². The van der Waals surface area contributed by atoms with Crippen LogP contribution in [-0.4, -0.2) is 35.1 Å². The minimum Gasteiger partial charge on any atom is -0.481 e. The van der Waals surface area contributed by atoms with E-state index < -0.39 is 0 Å². The lowest BCUT2D eigenvalue weighted by atomic mass is 10.2. The first-order chi connectivity index (χ1) is 15.0. The van der Waals surface area contributed by atoms with Crippen LogP contribution in [0.25, 0.3) is 10.2 Å². The quantitative estimate of drug-likeness (QED) is 0.412. The van der Waals surface area contributed by atoms with Crippen molar-refractivity contribution in [2.45, 2.75) is 13.5 Å². The van der Waals surface area contributed by atoms with Gasteiger partial charge in [0.15, 0.2) is 5.13 Å². The summed E-state index contributed by atoms with van der Waals surface area (Å²) in [5.74, 6) is -0.104. The number of aromatic nitrogens is 3. The van der Waals surface area contributed by atoms with E-state index in [9.17, 15) is 4.79 Å². The van der Waals surface area contributed by atoms with Crippen molar-refractivity contribution in [1.29, 1.82) is 0 Å². The number of carbonyl (C=O) groups excluding carboxylic acids is 1. The minimum atomic E-state index is -0.342. The summed E-state index contributed by atoms with van der Waals surface area (Å²) in [6, 6.07) is 14.9. The standard InChI is InChI=1S/C22H19ClN4O3S/c1-13-9-15(23)10-17-19(13)26-22(31-17)27(12-14-7-5-4-6-8-14)20(28)16-11-18(29-2)25-21(24-16)30-3/h4-11H,12H2,1-3H3. The van der Waals surface area contributed by atoms with Gasteiger partial charge in [0, 0.05) is 11.1 Å². The summed E-state index contributed by atoms with van der Waals surface area (Å²) < 4.78 is 11.2. The van der Waals surface area contributed by atoms with Crippen LogP contribution in [0.2, 0.25) is 5.02 Å². The first kappa shape index (κ1) is 21.0. The molecule has 0 saturated heterocycles. The molecule has 2 heterocycles. The second-order valence-corrected chi connectivity index (χ2v) is 8.17. The van der Waals surface area contributed by atoms with Crippen molar-refractivity contribution in [1.82, 2.24) is 15.0 Å². The predicted molar refractivity (Wildman–Crippen MR) is 121 cm³/mol. The van der Waals surface area contributed by atoms with Crippen LogP contribution in [0.1, 0.15) is 21.6 Å². The number of benzene rings is 2. The molecule has 0 fully saturated rings. The highest BCUT2D eigenvalue weighted by molar-refractivity contribution is 7.22. The molecule has 0 unspecified atom stereocenters. The number of anilines is 1. The van der Waals surface area contributed by atoms with E-state index in [-0.39, 0.29) is 23.5 Å². The largest absolute Gasteiger partial charge is 0.481 e.